The van der Waals surface area contributed by atoms with E-state index in [1.165, 1.54) is 35.7 Å². The first-order valence-corrected chi connectivity index (χ1v) is 43.7. The molecule has 0 saturated carbocycles. The summed E-state index contributed by atoms with van der Waals surface area (Å²) in [7, 11) is 0. The number of pyridine rings is 6. The van der Waals surface area contributed by atoms with E-state index < -0.39 is 39.7 Å². The van der Waals surface area contributed by atoms with Gasteiger partial charge in [-0.1, -0.05) is 317 Å². The molecule has 0 aliphatic rings. The van der Waals surface area contributed by atoms with Crippen LogP contribution in [0.4, 0.5) is 0 Å². The summed E-state index contributed by atoms with van der Waals surface area (Å²) < 4.78 is 141. The SMILES string of the molecule is [2H]C([2H])([2H])c1cc(-c2[c-]cc(C([2H])([2H])c3ccccc3)c3c2oc2ccccc23)ncc1-c1ccccc1.[2H]C([2H])([2H])c1ccc(-c2[c-]cccc2)nc1.[2H]C([2H])([2H])c1ccnc(-c2[c-]ccc3c2oc2cc(C([2H])([2H])c4ccccc4)ccc23)c1.[2H]C([2H])(c1ccccc1)c1ccc2oc3c(-c4cc(-c5ccccc5)ccn4)[c-]ccc3c2c1.[Ir].[Ir].[Ir].[c-]1ccc(-c2ccccc2)cc1-c1ccccn1.[c-]1ccccc1-c1ccccn1. The predicted molar refractivity (Wildman–Crippen MR) is 551 cm³/mol. The number of para-hydroxylation sites is 1. The van der Waals surface area contributed by atoms with E-state index in [0.717, 1.165) is 88.7 Å². The average Bonchev–Trinajstić information content (AvgIpc) is 1.60. The minimum absolute atomic E-state index is 0. The number of fused-ring (bicyclic) bond motifs is 9. The summed E-state index contributed by atoms with van der Waals surface area (Å²) in [6, 6.07) is 149. The number of aromatic nitrogens is 6. The topological polar surface area (TPSA) is 117 Å². The third-order valence-corrected chi connectivity index (χ3v) is 22.1. The molecule has 24 aromatic rings. The van der Waals surface area contributed by atoms with E-state index in [-0.39, 0.29) is 77.0 Å². The van der Waals surface area contributed by atoms with Crippen LogP contribution in [-0.4, -0.2) is 29.9 Å². The monoisotopic (exact) mass is 2330 g/mol. The smallest absolute Gasteiger partial charge is 0.121 e. The molecule has 0 N–H and O–H groups in total. The van der Waals surface area contributed by atoms with Crippen molar-refractivity contribution >= 4 is 65.8 Å². The second-order valence-corrected chi connectivity index (χ2v) is 31.1. The maximum absolute atomic E-state index is 9.03. The van der Waals surface area contributed by atoms with E-state index in [1.54, 1.807) is 104 Å². The van der Waals surface area contributed by atoms with Gasteiger partial charge >= 0.3 is 0 Å². The Labute approximate surface area is 866 Å². The van der Waals surface area contributed by atoms with Crippen molar-refractivity contribution in [3.63, 3.8) is 0 Å². The molecule has 15 aromatic carbocycles. The quantitative estimate of drug-likeness (QED) is 0.0925. The summed E-state index contributed by atoms with van der Waals surface area (Å²) in [4.78, 5) is 26.3. The fraction of sp³-hybridized carbons (Fsp3) is 0.0476. The van der Waals surface area contributed by atoms with E-state index in [9.17, 15) is 0 Å². The number of benzene rings is 15. The molecule has 0 fully saturated rings. The zero-order valence-corrected chi connectivity index (χ0v) is 80.9. The van der Waals surface area contributed by atoms with Gasteiger partial charge in [0.25, 0.3) is 0 Å². The standard InChI is InChI=1S/C31H22NO.C30H20NO.C25H18NO.C17H12N.C12H10N.C11H8N.3Ir/c1-21-18-28(32-20-27(21)23-12-6-3-7-13-23)25-17-16-24(19-22-10-4-2-5-11-22)30-26-14-8-9-15-29(26)33-31(25)30;1-3-8-21(9-4-1)18-22-14-15-29-27(19-22)25-12-7-13-26(30(25)32-29)28-20-24(16-17-31-28)23-10-5-2-6-11-23;1-17-12-13-26-23(14-17)22-9-5-8-21-20-11-10-19(16-24(20)27-25(21)22)15-18-6-3-2-4-7-18;1-2-7-14(8-3-1)15-9-6-10-16(13-15)17-11-4-5-12-18-17;1-10-7-8-12(13-9-10)11-5-3-2-4-6-11;1-2-6-10(7-3-1)11-8-4-5-9-12-11;;;/h2-16,18,20H,19H2,1H3;1-12,14-17,19-20H,18H2;2-8,10-14,16H,15H2,1H3;1-9,11-13H;2-5,7-9H,1H3;1-6,8-9H;;;/q6*-1;;;/i1D3,19D2;18D2;1D3,15D2;;1D3;;;;. The molecular formula is C126H90Ir3N6O3-6. The van der Waals surface area contributed by atoms with E-state index in [1.807, 2.05) is 291 Å². The Balaban J connectivity index is 0.000000135. The van der Waals surface area contributed by atoms with Crippen LogP contribution in [0.15, 0.2) is 469 Å². The molecule has 0 amide bonds. The number of hydrogen-bond acceptors (Lipinski definition) is 9. The summed E-state index contributed by atoms with van der Waals surface area (Å²) in [5, 5.41) is 4.86. The van der Waals surface area contributed by atoms with Crippen LogP contribution in [0.5, 0.6) is 0 Å². The van der Waals surface area contributed by atoms with Crippen LogP contribution in [0.1, 0.15) is 70.6 Å². The number of furan rings is 3. The van der Waals surface area contributed by atoms with Crippen molar-refractivity contribution in [2.75, 3.05) is 0 Å². The molecule has 0 aliphatic carbocycles. The minimum Gasteiger partial charge on any atom is -0.501 e. The van der Waals surface area contributed by atoms with E-state index in [2.05, 4.69) is 103 Å². The molecule has 0 unspecified atom stereocenters. The first-order valence-electron chi connectivity index (χ1n) is 51.2. The van der Waals surface area contributed by atoms with Gasteiger partial charge in [0.1, 0.15) is 16.7 Å². The number of nitrogens with zero attached hydrogens (tertiary/aromatic N) is 6. The second kappa shape index (κ2) is 46.7. The van der Waals surface area contributed by atoms with E-state index in [0.29, 0.717) is 100 Å². The van der Waals surface area contributed by atoms with E-state index >= 15 is 0 Å². The predicted octanol–water partition coefficient (Wildman–Crippen LogP) is 31.7. The maximum Gasteiger partial charge on any atom is 0.121 e. The van der Waals surface area contributed by atoms with Gasteiger partial charge in [0.15, 0.2) is 0 Å². The van der Waals surface area contributed by atoms with Crippen molar-refractivity contribution in [2.24, 2.45) is 0 Å². The number of rotatable bonds is 15. The molecule has 3 radical (unpaired) electrons. The van der Waals surface area contributed by atoms with Crippen molar-refractivity contribution in [3.05, 3.63) is 542 Å². The number of aryl methyl sites for hydroxylation is 3. The van der Waals surface area contributed by atoms with Gasteiger partial charge < -0.3 is 43.2 Å². The molecule has 9 aromatic heterocycles. The fourth-order valence-electron chi connectivity index (χ4n) is 15.6. The van der Waals surface area contributed by atoms with Gasteiger partial charge in [-0.3, -0.25) is 0 Å². The molecule has 12 heteroatoms. The van der Waals surface area contributed by atoms with Crippen molar-refractivity contribution in [1.82, 2.24) is 29.9 Å². The first kappa shape index (κ1) is 77.8. The zero-order chi connectivity index (χ0) is 104. The average molecular weight is 2330 g/mol. The van der Waals surface area contributed by atoms with E-state index in [4.69, 9.17) is 33.8 Å². The summed E-state index contributed by atoms with van der Waals surface area (Å²) in [5.74, 6) is 0. The number of hydrogen-bond donors (Lipinski definition) is 0. The Kier molecular flexibility index (Phi) is 26.3. The van der Waals surface area contributed by atoms with Crippen molar-refractivity contribution < 1.29 is 94.1 Å². The largest absolute Gasteiger partial charge is 0.501 e. The van der Waals surface area contributed by atoms with Crippen LogP contribution in [0.3, 0.4) is 0 Å². The molecule has 24 rings (SSSR count). The molecule has 9 nitrogen and oxygen atoms in total. The Morgan fingerprint density at radius 1 is 0.261 bits per heavy atom. The van der Waals surface area contributed by atoms with Gasteiger partial charge in [-0.25, -0.2) is 0 Å². The minimum atomic E-state index is -2.37. The summed E-state index contributed by atoms with van der Waals surface area (Å²) >= 11 is 0. The molecule has 0 bridgehead atoms. The third kappa shape index (κ3) is 23.4. The van der Waals surface area contributed by atoms with Crippen molar-refractivity contribution in [2.45, 2.75) is 39.7 Å². The molecular weight excluding hydrogens is 2220 g/mol. The summed E-state index contributed by atoms with van der Waals surface area (Å²) in [6.07, 6.45) is 4.71. The molecule has 9 heterocycles. The van der Waals surface area contributed by atoms with Crippen LogP contribution in [0, 0.1) is 57.0 Å². The second-order valence-electron chi connectivity index (χ2n) is 31.1. The van der Waals surface area contributed by atoms with Gasteiger partial charge in [0.2, 0.25) is 0 Å². The fourth-order valence-corrected chi connectivity index (χ4v) is 15.6. The Bertz CT molecular complexity index is 8690. The molecule has 0 aliphatic heterocycles. The molecule has 675 valence electrons. The van der Waals surface area contributed by atoms with Gasteiger partial charge in [-0.2, -0.15) is 0 Å². The van der Waals surface area contributed by atoms with Crippen LogP contribution in [0.25, 0.3) is 167 Å². The Morgan fingerprint density at radius 2 is 0.739 bits per heavy atom. The molecule has 0 spiro atoms. The van der Waals surface area contributed by atoms with Gasteiger partial charge in [-0.05, 0) is 178 Å². The Hall–Kier alpha value is -15.5. The van der Waals surface area contributed by atoms with Crippen LogP contribution >= 0.6 is 0 Å². The molecule has 0 atom stereocenters. The normalized spacial score (nSPS) is 12.8. The van der Waals surface area contributed by atoms with Gasteiger partial charge in [0.05, 0.1) is 16.7 Å². The van der Waals surface area contributed by atoms with Gasteiger partial charge in [0, 0.05) is 140 Å². The van der Waals surface area contributed by atoms with Crippen LogP contribution in [0.2, 0.25) is 0 Å². The van der Waals surface area contributed by atoms with Crippen LogP contribution < -0.4 is 0 Å². The third-order valence-electron chi connectivity index (χ3n) is 22.1. The maximum atomic E-state index is 9.03. The summed E-state index contributed by atoms with van der Waals surface area (Å²) in [5.41, 5.74) is 22.3. The summed E-state index contributed by atoms with van der Waals surface area (Å²) in [6.45, 7) is -6.70. The first-order chi connectivity index (χ1) is 72.6. The zero-order valence-electron chi connectivity index (χ0n) is 88.7. The van der Waals surface area contributed by atoms with Gasteiger partial charge in [-0.15, -0.1) is 161 Å². The van der Waals surface area contributed by atoms with Crippen molar-refractivity contribution in [3.8, 4) is 101 Å². The molecule has 138 heavy (non-hydrogen) atoms. The molecule has 0 saturated heterocycles. The van der Waals surface area contributed by atoms with Crippen LogP contribution in [-0.2, 0) is 79.4 Å². The Morgan fingerprint density at radius 3 is 1.33 bits per heavy atom. The van der Waals surface area contributed by atoms with Crippen molar-refractivity contribution in [1.29, 1.82) is 0 Å².